The van der Waals surface area contributed by atoms with Gasteiger partial charge in [0.1, 0.15) is 17.8 Å². The Labute approximate surface area is 372 Å². The fraction of sp³-hybridized carbons (Fsp3) is 0.472. The molecule has 0 aliphatic heterocycles. The monoisotopic (exact) mass is 873 g/mol. The summed E-state index contributed by atoms with van der Waals surface area (Å²) < 4.78 is 45.6. The Kier molecular flexibility index (Phi) is 12.3. The summed E-state index contributed by atoms with van der Waals surface area (Å²) >= 11 is 0. The van der Waals surface area contributed by atoms with Crippen molar-refractivity contribution in [3.8, 4) is 0 Å². The highest BCUT2D eigenvalue weighted by atomic mass is 32.2. The maximum Gasteiger partial charge on any atom is 0.317 e. The van der Waals surface area contributed by atoms with E-state index < -0.39 is 59.1 Å². The van der Waals surface area contributed by atoms with Gasteiger partial charge in [-0.05, 0) is 107 Å². The SMILES string of the molecule is C=C(C1CCC(=O)[C@@H]1C(=O)O[C@@H]1[C@H](N(c2cc(C)cc(C)c2)S(=O)(=O)c2ccccc2)[C@H]2CC[C@]1(C)C2(C)C)C(C)(C)CCO[Si](c1ccccc1)(c1ccccc1)C(C)(C)C. The molecule has 0 aromatic heterocycles. The molecule has 0 radical (unpaired) electrons. The second kappa shape index (κ2) is 16.7. The number of hydrogen-bond donors (Lipinski definition) is 0. The van der Waals surface area contributed by atoms with Crippen LogP contribution in [0, 0.1) is 47.8 Å². The molecular weight excluding hydrogens is 807 g/mol. The van der Waals surface area contributed by atoms with Crippen LogP contribution in [0.4, 0.5) is 5.69 Å². The van der Waals surface area contributed by atoms with Gasteiger partial charge in [-0.2, -0.15) is 0 Å². The van der Waals surface area contributed by atoms with E-state index in [4.69, 9.17) is 9.16 Å². The van der Waals surface area contributed by atoms with E-state index in [1.54, 1.807) is 34.6 Å². The van der Waals surface area contributed by atoms with Gasteiger partial charge in [0.05, 0.1) is 16.6 Å². The third-order valence-electron chi connectivity index (χ3n) is 15.5. The molecule has 62 heavy (non-hydrogen) atoms. The van der Waals surface area contributed by atoms with Crippen molar-refractivity contribution in [3.05, 3.63) is 132 Å². The first-order chi connectivity index (χ1) is 29.1. The largest absolute Gasteiger partial charge is 0.459 e. The van der Waals surface area contributed by atoms with Crippen LogP contribution in [0.5, 0.6) is 0 Å². The number of allylic oxidation sites excluding steroid dienone is 1. The highest BCUT2D eigenvalue weighted by Crippen LogP contribution is 2.68. The summed E-state index contributed by atoms with van der Waals surface area (Å²) in [5, 5.41) is 2.24. The number of aryl methyl sites for hydroxylation is 2. The average Bonchev–Trinajstić information content (AvgIpc) is 3.76. The second-order valence-corrected chi connectivity index (χ2v) is 27.0. The number of carbonyl (C=O) groups is 2. The maximum atomic E-state index is 15.0. The zero-order valence-corrected chi connectivity index (χ0v) is 40.4. The summed E-state index contributed by atoms with van der Waals surface area (Å²) in [7, 11) is -6.92. The lowest BCUT2D eigenvalue weighted by Gasteiger charge is -2.44. The molecule has 0 amide bonds. The quantitative estimate of drug-likeness (QED) is 0.0543. The predicted octanol–water partition coefficient (Wildman–Crippen LogP) is 10.4. The predicted molar refractivity (Wildman–Crippen MR) is 253 cm³/mol. The zero-order valence-electron chi connectivity index (χ0n) is 38.5. The number of rotatable bonds is 14. The molecule has 2 bridgehead atoms. The van der Waals surface area contributed by atoms with Gasteiger partial charge in [-0.25, -0.2) is 8.42 Å². The Balaban J connectivity index is 1.18. The minimum absolute atomic E-state index is 0.107. The van der Waals surface area contributed by atoms with Crippen LogP contribution in [-0.2, 0) is 28.8 Å². The Morgan fingerprint density at radius 2 is 1.35 bits per heavy atom. The lowest BCUT2D eigenvalue weighted by Crippen LogP contribution is -2.66. The number of esters is 1. The van der Waals surface area contributed by atoms with Crippen molar-refractivity contribution in [2.24, 2.45) is 34.0 Å². The average molecular weight is 874 g/mol. The molecule has 7 nitrogen and oxygen atoms in total. The minimum Gasteiger partial charge on any atom is -0.459 e. The number of ether oxygens (including phenoxy) is 1. The van der Waals surface area contributed by atoms with Crippen LogP contribution in [0.3, 0.4) is 0 Å². The van der Waals surface area contributed by atoms with Crippen LogP contribution in [0.1, 0.15) is 98.6 Å². The molecule has 3 aliphatic carbocycles. The number of fused-ring (bicyclic) bond motifs is 2. The molecule has 0 spiro atoms. The smallest absolute Gasteiger partial charge is 0.317 e. The standard InChI is InChI=1S/C53H67NO6SSi/c1-36-33-37(2)35-39(34-36)54(61(57,58)40-21-15-12-16-22-40)47-44-29-30-53(11,52(44,9)10)48(47)60-49(56)46-43(27-28-45(46)55)38(3)51(7,8)31-32-59-62(50(4,5)6,41-23-17-13-18-24-41)42-25-19-14-20-26-42/h12-26,33-35,43-44,46-48H,3,27-32H2,1-2,4-11H3/t43?,44-,46-,47-,48-,53+/m1/s1. The first-order valence-corrected chi connectivity index (χ1v) is 25.8. The molecule has 9 heteroatoms. The van der Waals surface area contributed by atoms with E-state index in [2.05, 4.69) is 110 Å². The third kappa shape index (κ3) is 7.74. The van der Waals surface area contributed by atoms with Crippen LogP contribution in [0.25, 0.3) is 0 Å². The van der Waals surface area contributed by atoms with Gasteiger partial charge >= 0.3 is 5.97 Å². The van der Waals surface area contributed by atoms with Crippen LogP contribution >= 0.6 is 0 Å². The van der Waals surface area contributed by atoms with Crippen LogP contribution in [-0.4, -0.2) is 47.2 Å². The van der Waals surface area contributed by atoms with E-state index in [0.717, 1.165) is 29.5 Å². The van der Waals surface area contributed by atoms with E-state index in [9.17, 15) is 9.59 Å². The fourth-order valence-corrected chi connectivity index (χ4v) is 17.8. The van der Waals surface area contributed by atoms with Crippen molar-refractivity contribution in [1.29, 1.82) is 0 Å². The van der Waals surface area contributed by atoms with Crippen LogP contribution < -0.4 is 14.7 Å². The van der Waals surface area contributed by atoms with Crippen molar-refractivity contribution in [2.75, 3.05) is 10.9 Å². The minimum atomic E-state index is -4.13. The Morgan fingerprint density at radius 1 is 0.823 bits per heavy atom. The van der Waals surface area contributed by atoms with Crippen LogP contribution in [0.2, 0.25) is 5.04 Å². The van der Waals surface area contributed by atoms with Gasteiger partial charge < -0.3 is 9.16 Å². The van der Waals surface area contributed by atoms with Gasteiger partial charge in [0.25, 0.3) is 18.3 Å². The first kappa shape index (κ1) is 45.7. The van der Waals surface area contributed by atoms with E-state index >= 15 is 8.42 Å². The summed E-state index contributed by atoms with van der Waals surface area (Å²) in [6.07, 6.45) is 2.18. The summed E-state index contributed by atoms with van der Waals surface area (Å²) in [6, 6.07) is 34.9. The number of hydrogen-bond acceptors (Lipinski definition) is 6. The van der Waals surface area contributed by atoms with Crippen molar-refractivity contribution < 1.29 is 27.2 Å². The van der Waals surface area contributed by atoms with E-state index in [1.807, 2.05) is 44.2 Å². The number of benzene rings is 4. The lowest BCUT2D eigenvalue weighted by atomic mass is 9.70. The topological polar surface area (TPSA) is 90.0 Å². The van der Waals surface area contributed by atoms with E-state index in [-0.39, 0.29) is 33.5 Å². The summed E-state index contributed by atoms with van der Waals surface area (Å²) in [5.41, 5.74) is 1.87. The number of nitrogens with zero attached hydrogens (tertiary/aromatic N) is 1. The Hall–Kier alpha value is -4.31. The van der Waals surface area contributed by atoms with Crippen molar-refractivity contribution >= 4 is 46.2 Å². The molecule has 3 saturated carbocycles. The van der Waals surface area contributed by atoms with Crippen LogP contribution in [0.15, 0.2) is 126 Å². The number of carbonyl (C=O) groups excluding carboxylic acids is 2. The molecule has 0 saturated heterocycles. The molecule has 3 fully saturated rings. The van der Waals surface area contributed by atoms with E-state index in [1.165, 1.54) is 10.4 Å². The second-order valence-electron chi connectivity index (χ2n) is 20.9. The lowest BCUT2D eigenvalue weighted by molar-refractivity contribution is -0.165. The van der Waals surface area contributed by atoms with Crippen molar-refractivity contribution in [3.63, 3.8) is 0 Å². The van der Waals surface area contributed by atoms with Gasteiger partial charge in [-0.15, -0.1) is 0 Å². The van der Waals surface area contributed by atoms with Gasteiger partial charge in [0, 0.05) is 24.4 Å². The molecule has 4 aromatic carbocycles. The van der Waals surface area contributed by atoms with Crippen molar-refractivity contribution in [2.45, 2.75) is 123 Å². The summed E-state index contributed by atoms with van der Waals surface area (Å²) in [4.78, 5) is 29.0. The molecule has 7 rings (SSSR count). The number of ketones is 1. The Bertz CT molecular complexity index is 2350. The molecule has 1 unspecified atom stereocenters. The van der Waals surface area contributed by atoms with Gasteiger partial charge in [0.15, 0.2) is 0 Å². The molecule has 6 atom stereocenters. The maximum absolute atomic E-state index is 15.0. The number of Topliss-reactive ketones (excluding diaryl/α,β-unsaturated/α-hetero) is 1. The summed E-state index contributed by atoms with van der Waals surface area (Å²) in [6.45, 7) is 26.6. The first-order valence-electron chi connectivity index (χ1n) is 22.4. The van der Waals surface area contributed by atoms with Gasteiger partial charge in [0.2, 0.25) is 0 Å². The third-order valence-corrected chi connectivity index (χ3v) is 22.4. The highest BCUT2D eigenvalue weighted by molar-refractivity contribution is 7.92. The molecular formula is C53H67NO6SSi. The van der Waals surface area contributed by atoms with Crippen molar-refractivity contribution in [1.82, 2.24) is 0 Å². The van der Waals surface area contributed by atoms with E-state index in [0.29, 0.717) is 25.1 Å². The zero-order chi connectivity index (χ0) is 45.0. The highest BCUT2D eigenvalue weighted by Gasteiger charge is 2.70. The molecule has 4 aromatic rings. The fourth-order valence-electron chi connectivity index (χ4n) is 11.6. The van der Waals surface area contributed by atoms with Gasteiger partial charge in [-0.3, -0.25) is 13.9 Å². The number of anilines is 1. The molecule has 330 valence electrons. The molecule has 0 N–H and O–H groups in total. The summed E-state index contributed by atoms with van der Waals surface area (Å²) in [5.74, 6) is -2.27. The normalized spacial score (nSPS) is 24.9. The Morgan fingerprint density at radius 3 is 1.89 bits per heavy atom. The molecule has 3 aliphatic rings. The van der Waals surface area contributed by atoms with Gasteiger partial charge in [-0.1, -0.05) is 152 Å². The number of sulfonamides is 1. The molecule has 0 heterocycles.